The average molecular weight is 446 g/mol. The molecule has 2 aromatic carbocycles. The Labute approximate surface area is 183 Å². The molecule has 1 aliphatic heterocycles. The van der Waals surface area contributed by atoms with Crippen molar-refractivity contribution in [1.82, 2.24) is 10.4 Å². The second-order valence-electron chi connectivity index (χ2n) is 6.71. The highest BCUT2D eigenvalue weighted by molar-refractivity contribution is 6.30. The molecule has 0 saturated carbocycles. The van der Waals surface area contributed by atoms with Crippen LogP contribution >= 0.6 is 11.6 Å². The Hall–Kier alpha value is -3.59. The van der Waals surface area contributed by atoms with E-state index >= 15 is 0 Å². The van der Waals surface area contributed by atoms with Crippen molar-refractivity contribution in [2.24, 2.45) is 5.92 Å². The second kappa shape index (κ2) is 9.94. The highest BCUT2D eigenvalue weighted by Crippen LogP contribution is 2.20. The highest BCUT2D eigenvalue weighted by atomic mass is 35.5. The fraction of sp³-hybridized carbons (Fsp3) is 0.238. The summed E-state index contributed by atoms with van der Waals surface area (Å²) in [6, 6.07) is 13.0. The van der Waals surface area contributed by atoms with Gasteiger partial charge in [0, 0.05) is 17.1 Å². The number of hydrogen-bond donors (Lipinski definition) is 2. The normalized spacial score (nSPS) is 15.4. The SMILES string of the molecule is COc1ccccc1C(=O)NN1C[C@@H](C(=O)OCC(=O)Nc2ccc(Cl)cc2)CC1=O. The molecule has 10 heteroatoms. The van der Waals surface area contributed by atoms with Crippen LogP contribution in [-0.2, 0) is 19.1 Å². The van der Waals surface area contributed by atoms with Gasteiger partial charge in [0.2, 0.25) is 5.91 Å². The number of ether oxygens (including phenoxy) is 2. The molecule has 1 heterocycles. The zero-order chi connectivity index (χ0) is 22.4. The Kier molecular flexibility index (Phi) is 7.09. The molecule has 0 radical (unpaired) electrons. The third kappa shape index (κ3) is 5.73. The Morgan fingerprint density at radius 1 is 1.13 bits per heavy atom. The van der Waals surface area contributed by atoms with E-state index in [4.69, 9.17) is 21.1 Å². The second-order valence-corrected chi connectivity index (χ2v) is 7.15. The summed E-state index contributed by atoms with van der Waals surface area (Å²) in [6.07, 6.45) is -0.135. The number of nitrogens with one attached hydrogen (secondary N) is 2. The summed E-state index contributed by atoms with van der Waals surface area (Å²) in [5.74, 6) is -2.64. The Morgan fingerprint density at radius 3 is 2.55 bits per heavy atom. The topological polar surface area (TPSA) is 114 Å². The van der Waals surface area contributed by atoms with Gasteiger partial charge in [-0.1, -0.05) is 23.7 Å². The standard InChI is InChI=1S/C21H20ClN3O6/c1-30-17-5-3-2-4-16(17)20(28)24-25-11-13(10-19(25)27)21(29)31-12-18(26)23-15-8-6-14(22)7-9-15/h2-9,13H,10-12H2,1H3,(H,23,26)(H,24,28)/t13-/m0/s1. The maximum Gasteiger partial charge on any atom is 0.311 e. The van der Waals surface area contributed by atoms with Crippen LogP contribution < -0.4 is 15.5 Å². The number of carbonyl (C=O) groups excluding carboxylic acids is 4. The van der Waals surface area contributed by atoms with Gasteiger partial charge in [0.25, 0.3) is 11.8 Å². The van der Waals surface area contributed by atoms with Crippen molar-refractivity contribution in [2.45, 2.75) is 6.42 Å². The molecule has 0 bridgehead atoms. The molecule has 2 N–H and O–H groups in total. The van der Waals surface area contributed by atoms with E-state index in [9.17, 15) is 19.2 Å². The number of rotatable bonds is 7. The van der Waals surface area contributed by atoms with E-state index < -0.39 is 36.2 Å². The molecule has 31 heavy (non-hydrogen) atoms. The molecule has 3 rings (SSSR count). The van der Waals surface area contributed by atoms with Crippen molar-refractivity contribution in [3.63, 3.8) is 0 Å². The summed E-state index contributed by atoms with van der Waals surface area (Å²) in [4.78, 5) is 48.9. The number of hydrazine groups is 1. The fourth-order valence-electron chi connectivity index (χ4n) is 2.97. The maximum absolute atomic E-state index is 12.4. The number of carbonyl (C=O) groups is 4. The first-order valence-corrected chi connectivity index (χ1v) is 9.71. The largest absolute Gasteiger partial charge is 0.496 e. The summed E-state index contributed by atoms with van der Waals surface area (Å²) in [5.41, 5.74) is 3.23. The van der Waals surface area contributed by atoms with E-state index in [0.717, 1.165) is 5.01 Å². The number of hydrogen-bond acceptors (Lipinski definition) is 6. The van der Waals surface area contributed by atoms with Crippen LogP contribution in [0.4, 0.5) is 5.69 Å². The van der Waals surface area contributed by atoms with Crippen LogP contribution in [0.15, 0.2) is 48.5 Å². The molecular formula is C21H20ClN3O6. The average Bonchev–Trinajstić information content (AvgIpc) is 3.13. The molecule has 9 nitrogen and oxygen atoms in total. The monoisotopic (exact) mass is 445 g/mol. The van der Waals surface area contributed by atoms with Crippen LogP contribution in [0.3, 0.4) is 0 Å². The van der Waals surface area contributed by atoms with E-state index in [-0.39, 0.29) is 18.5 Å². The van der Waals surface area contributed by atoms with Gasteiger partial charge in [-0.3, -0.25) is 29.6 Å². The molecule has 1 atom stereocenters. The van der Waals surface area contributed by atoms with Crippen molar-refractivity contribution in [1.29, 1.82) is 0 Å². The molecule has 162 valence electrons. The van der Waals surface area contributed by atoms with Gasteiger partial charge in [-0.15, -0.1) is 0 Å². The van der Waals surface area contributed by atoms with Crippen LogP contribution in [-0.4, -0.2) is 49.0 Å². The summed E-state index contributed by atoms with van der Waals surface area (Å²) < 4.78 is 10.2. The lowest BCUT2D eigenvalue weighted by atomic mass is 10.1. The number of esters is 1. The molecule has 0 spiro atoms. The fourth-order valence-corrected chi connectivity index (χ4v) is 3.10. The van der Waals surface area contributed by atoms with Gasteiger partial charge in [0.15, 0.2) is 6.61 Å². The molecule has 1 aliphatic rings. The van der Waals surface area contributed by atoms with E-state index in [1.165, 1.54) is 7.11 Å². The Bertz CT molecular complexity index is 995. The predicted molar refractivity (Wildman–Crippen MR) is 111 cm³/mol. The number of amides is 3. The molecule has 0 aromatic heterocycles. The van der Waals surface area contributed by atoms with Crippen LogP contribution in [0.5, 0.6) is 5.75 Å². The highest BCUT2D eigenvalue weighted by Gasteiger charge is 2.37. The van der Waals surface area contributed by atoms with Crippen LogP contribution in [0, 0.1) is 5.92 Å². The van der Waals surface area contributed by atoms with Crippen molar-refractivity contribution >= 4 is 41.0 Å². The van der Waals surface area contributed by atoms with E-state index in [1.54, 1.807) is 48.5 Å². The minimum absolute atomic E-state index is 0.0582. The first-order chi connectivity index (χ1) is 14.9. The number of benzene rings is 2. The molecule has 0 unspecified atom stereocenters. The zero-order valence-corrected chi connectivity index (χ0v) is 17.3. The number of para-hydroxylation sites is 1. The lowest BCUT2D eigenvalue weighted by molar-refractivity contribution is -0.151. The molecular weight excluding hydrogens is 426 g/mol. The third-order valence-corrected chi connectivity index (χ3v) is 4.77. The molecule has 0 aliphatic carbocycles. The molecule has 1 fully saturated rings. The van der Waals surface area contributed by atoms with Gasteiger partial charge < -0.3 is 14.8 Å². The third-order valence-electron chi connectivity index (χ3n) is 4.52. The maximum atomic E-state index is 12.4. The van der Waals surface area contributed by atoms with Gasteiger partial charge >= 0.3 is 5.97 Å². The van der Waals surface area contributed by atoms with Gasteiger partial charge in [-0.25, -0.2) is 0 Å². The van der Waals surface area contributed by atoms with Crippen molar-refractivity contribution in [3.05, 3.63) is 59.1 Å². The lowest BCUT2D eigenvalue weighted by Gasteiger charge is -2.18. The Morgan fingerprint density at radius 2 is 1.84 bits per heavy atom. The molecule has 3 amide bonds. The minimum atomic E-state index is -0.797. The van der Waals surface area contributed by atoms with Crippen molar-refractivity contribution in [2.75, 3.05) is 25.6 Å². The summed E-state index contributed by atoms with van der Waals surface area (Å²) >= 11 is 5.78. The van der Waals surface area contributed by atoms with Crippen molar-refractivity contribution in [3.8, 4) is 5.75 Å². The first kappa shape index (κ1) is 22.1. The quantitative estimate of drug-likeness (QED) is 0.630. The number of anilines is 1. The lowest BCUT2D eigenvalue weighted by Crippen LogP contribution is -2.43. The van der Waals surface area contributed by atoms with Crippen LogP contribution in [0.1, 0.15) is 16.8 Å². The van der Waals surface area contributed by atoms with E-state index in [1.807, 2.05) is 0 Å². The van der Waals surface area contributed by atoms with Gasteiger partial charge in [0.05, 0.1) is 25.1 Å². The van der Waals surface area contributed by atoms with Gasteiger partial charge in [-0.2, -0.15) is 0 Å². The van der Waals surface area contributed by atoms with Gasteiger partial charge in [0.1, 0.15) is 5.75 Å². The molecule has 2 aromatic rings. The number of halogens is 1. The number of methoxy groups -OCH3 is 1. The first-order valence-electron chi connectivity index (χ1n) is 9.34. The van der Waals surface area contributed by atoms with Crippen LogP contribution in [0.25, 0.3) is 0 Å². The zero-order valence-electron chi connectivity index (χ0n) is 16.6. The predicted octanol–water partition coefficient (Wildman–Crippen LogP) is 2.02. The Balaban J connectivity index is 1.49. The molecule has 1 saturated heterocycles. The summed E-state index contributed by atoms with van der Waals surface area (Å²) in [7, 11) is 1.43. The van der Waals surface area contributed by atoms with Gasteiger partial charge in [-0.05, 0) is 36.4 Å². The van der Waals surface area contributed by atoms with E-state index in [0.29, 0.717) is 16.5 Å². The minimum Gasteiger partial charge on any atom is -0.496 e. The van der Waals surface area contributed by atoms with Crippen molar-refractivity contribution < 1.29 is 28.7 Å². The van der Waals surface area contributed by atoms with Crippen LogP contribution in [0.2, 0.25) is 5.02 Å². The summed E-state index contributed by atoms with van der Waals surface area (Å²) in [6.45, 7) is -0.558. The summed E-state index contributed by atoms with van der Waals surface area (Å²) in [5, 5.41) is 4.16. The smallest absolute Gasteiger partial charge is 0.311 e. The number of nitrogens with zero attached hydrogens (tertiary/aromatic N) is 1. The van der Waals surface area contributed by atoms with E-state index in [2.05, 4.69) is 10.7 Å².